The normalized spacial score (nSPS) is 18.0. The summed E-state index contributed by atoms with van der Waals surface area (Å²) in [6.07, 6.45) is 4.32. The molecular formula is C24H22ClF4N7. The van der Waals surface area contributed by atoms with Gasteiger partial charge in [-0.2, -0.15) is 4.98 Å². The average Bonchev–Trinajstić information content (AvgIpc) is 3.24. The molecule has 2 atom stereocenters. The highest BCUT2D eigenvalue weighted by Crippen LogP contribution is 2.32. The molecule has 1 aromatic carbocycles. The second-order valence-electron chi connectivity index (χ2n) is 8.90. The first-order valence-electron chi connectivity index (χ1n) is 11.4. The standard InChI is InChI=1S/C24H22ClF4N7/c1-10-18(28)22(35-21(31-10)16-9-30-20-15(16)6-12(26)7-17(20)27)33-13-4-3-5-14(8-13)34-23-19(29)11(2)32-24(25)36-23/h6-7,9,13-14,30H,3-5,8H2,1-2H3,(H,31,33,35)(H,32,34,36)/t13-,14+/m0/s1. The predicted octanol–water partition coefficient (Wildman–Crippen LogP) is 6.08. The van der Waals surface area contributed by atoms with Crippen molar-refractivity contribution in [2.24, 2.45) is 0 Å². The van der Waals surface area contributed by atoms with Crippen LogP contribution in [0.15, 0.2) is 18.3 Å². The second kappa shape index (κ2) is 9.53. The molecule has 36 heavy (non-hydrogen) atoms. The molecule has 1 fully saturated rings. The molecule has 1 aliphatic rings. The van der Waals surface area contributed by atoms with Crippen LogP contribution >= 0.6 is 11.6 Å². The summed E-state index contributed by atoms with van der Waals surface area (Å²) in [6, 6.07) is 1.65. The number of H-pyrrole nitrogens is 1. The zero-order chi connectivity index (χ0) is 25.6. The second-order valence-corrected chi connectivity index (χ2v) is 9.24. The van der Waals surface area contributed by atoms with Crippen LogP contribution in [0.3, 0.4) is 0 Å². The molecule has 12 heteroatoms. The smallest absolute Gasteiger partial charge is 0.224 e. The van der Waals surface area contributed by atoms with Crippen molar-refractivity contribution in [3.63, 3.8) is 0 Å². The summed E-state index contributed by atoms with van der Waals surface area (Å²) in [7, 11) is 0. The third-order valence-corrected chi connectivity index (χ3v) is 6.48. The lowest BCUT2D eigenvalue weighted by atomic mass is 9.91. The minimum Gasteiger partial charge on any atom is -0.365 e. The van der Waals surface area contributed by atoms with Crippen molar-refractivity contribution in [2.75, 3.05) is 10.6 Å². The maximum absolute atomic E-state index is 15.0. The van der Waals surface area contributed by atoms with E-state index < -0.39 is 23.3 Å². The fourth-order valence-corrected chi connectivity index (χ4v) is 4.79. The van der Waals surface area contributed by atoms with Crippen molar-refractivity contribution < 1.29 is 17.6 Å². The summed E-state index contributed by atoms with van der Waals surface area (Å²) in [5.41, 5.74) is 0.697. The molecule has 1 aliphatic carbocycles. The number of fused-ring (bicyclic) bond motifs is 1. The van der Waals surface area contributed by atoms with E-state index in [0.29, 0.717) is 12.0 Å². The van der Waals surface area contributed by atoms with E-state index in [9.17, 15) is 17.6 Å². The summed E-state index contributed by atoms with van der Waals surface area (Å²) in [5, 5.41) is 6.43. The molecule has 0 unspecified atom stereocenters. The molecule has 0 bridgehead atoms. The van der Waals surface area contributed by atoms with E-state index in [1.54, 1.807) is 0 Å². The molecule has 0 aliphatic heterocycles. The fourth-order valence-electron chi connectivity index (χ4n) is 4.57. The number of aromatic nitrogens is 5. The van der Waals surface area contributed by atoms with E-state index in [0.717, 1.165) is 25.3 Å². The number of halogens is 5. The lowest BCUT2D eigenvalue weighted by Gasteiger charge is -2.31. The molecule has 0 spiro atoms. The van der Waals surface area contributed by atoms with Crippen LogP contribution < -0.4 is 10.6 Å². The van der Waals surface area contributed by atoms with Gasteiger partial charge in [0.15, 0.2) is 29.1 Å². The van der Waals surface area contributed by atoms with E-state index in [2.05, 4.69) is 35.6 Å². The summed E-state index contributed by atoms with van der Waals surface area (Å²) in [5.74, 6) is -2.52. The number of benzene rings is 1. The molecule has 0 radical (unpaired) electrons. The Morgan fingerprint density at radius 1 is 0.889 bits per heavy atom. The monoisotopic (exact) mass is 519 g/mol. The summed E-state index contributed by atoms with van der Waals surface area (Å²) < 4.78 is 57.4. The van der Waals surface area contributed by atoms with Crippen LogP contribution in [0.2, 0.25) is 5.28 Å². The van der Waals surface area contributed by atoms with Gasteiger partial charge in [0, 0.05) is 35.3 Å². The molecule has 1 saturated carbocycles. The first kappa shape index (κ1) is 24.2. The first-order chi connectivity index (χ1) is 17.2. The predicted molar refractivity (Wildman–Crippen MR) is 129 cm³/mol. The van der Waals surface area contributed by atoms with E-state index in [1.165, 1.54) is 26.1 Å². The third-order valence-electron chi connectivity index (χ3n) is 6.31. The zero-order valence-corrected chi connectivity index (χ0v) is 20.1. The molecule has 0 saturated heterocycles. The number of nitrogens with one attached hydrogen (secondary N) is 3. The van der Waals surface area contributed by atoms with E-state index in [1.807, 2.05) is 0 Å². The maximum Gasteiger partial charge on any atom is 0.224 e. The molecule has 3 N–H and O–H groups in total. The molecule has 188 valence electrons. The van der Waals surface area contributed by atoms with Crippen molar-refractivity contribution in [1.29, 1.82) is 0 Å². The number of hydrogen-bond acceptors (Lipinski definition) is 6. The van der Waals surface area contributed by atoms with Crippen LogP contribution in [0.1, 0.15) is 37.1 Å². The van der Waals surface area contributed by atoms with Gasteiger partial charge in [-0.25, -0.2) is 32.5 Å². The third kappa shape index (κ3) is 4.67. The number of nitrogens with zero attached hydrogens (tertiary/aromatic N) is 4. The Kier molecular flexibility index (Phi) is 6.42. The summed E-state index contributed by atoms with van der Waals surface area (Å²) >= 11 is 5.88. The Bertz CT molecular complexity index is 1460. The highest BCUT2D eigenvalue weighted by atomic mass is 35.5. The van der Waals surface area contributed by atoms with Crippen LogP contribution in [-0.2, 0) is 0 Å². The number of rotatable bonds is 5. The van der Waals surface area contributed by atoms with Gasteiger partial charge in [0.05, 0.1) is 16.9 Å². The molecular weight excluding hydrogens is 498 g/mol. The van der Waals surface area contributed by atoms with E-state index in [-0.39, 0.29) is 57.1 Å². The minimum atomic E-state index is -0.745. The number of anilines is 2. The highest BCUT2D eigenvalue weighted by Gasteiger charge is 2.26. The zero-order valence-electron chi connectivity index (χ0n) is 19.4. The summed E-state index contributed by atoms with van der Waals surface area (Å²) in [6.45, 7) is 3.00. The Morgan fingerprint density at radius 3 is 2.22 bits per heavy atom. The minimum absolute atomic E-state index is 0.0125. The van der Waals surface area contributed by atoms with Gasteiger partial charge in [0.2, 0.25) is 5.28 Å². The van der Waals surface area contributed by atoms with Gasteiger partial charge in [0.1, 0.15) is 11.6 Å². The lowest BCUT2D eigenvalue weighted by Crippen LogP contribution is -2.35. The van der Waals surface area contributed by atoms with Gasteiger partial charge >= 0.3 is 0 Å². The van der Waals surface area contributed by atoms with Gasteiger partial charge in [0.25, 0.3) is 0 Å². The van der Waals surface area contributed by atoms with Crippen molar-refractivity contribution in [3.05, 3.63) is 58.3 Å². The van der Waals surface area contributed by atoms with Gasteiger partial charge < -0.3 is 15.6 Å². The largest absolute Gasteiger partial charge is 0.365 e. The SMILES string of the molecule is Cc1nc(Cl)nc(N[C@@H]2CCC[C@H](Nc3nc(-c4c[nH]c5c(F)cc(F)cc45)nc(C)c3F)C2)c1F. The topological polar surface area (TPSA) is 91.4 Å². The fraction of sp³-hybridized carbons (Fsp3) is 0.333. The Balaban J connectivity index is 1.39. The first-order valence-corrected chi connectivity index (χ1v) is 11.8. The average molecular weight is 520 g/mol. The van der Waals surface area contributed by atoms with Gasteiger partial charge in [-0.3, -0.25) is 0 Å². The van der Waals surface area contributed by atoms with Crippen LogP contribution in [0.5, 0.6) is 0 Å². The van der Waals surface area contributed by atoms with Gasteiger partial charge in [-0.1, -0.05) is 0 Å². The Morgan fingerprint density at radius 2 is 1.53 bits per heavy atom. The molecule has 0 amide bonds. The van der Waals surface area contributed by atoms with Crippen LogP contribution in [-0.4, -0.2) is 37.0 Å². The van der Waals surface area contributed by atoms with Crippen LogP contribution in [0, 0.1) is 37.1 Å². The summed E-state index contributed by atoms with van der Waals surface area (Å²) in [4.78, 5) is 19.1. The van der Waals surface area contributed by atoms with Crippen LogP contribution in [0.4, 0.5) is 29.2 Å². The van der Waals surface area contributed by atoms with Crippen molar-refractivity contribution in [3.8, 4) is 11.4 Å². The van der Waals surface area contributed by atoms with E-state index in [4.69, 9.17) is 11.6 Å². The Labute approximate surface area is 208 Å². The van der Waals surface area contributed by atoms with Crippen LogP contribution in [0.25, 0.3) is 22.3 Å². The molecule has 4 aromatic rings. The number of hydrogen-bond donors (Lipinski definition) is 3. The maximum atomic E-state index is 15.0. The quantitative estimate of drug-likeness (QED) is 0.219. The van der Waals surface area contributed by atoms with Gasteiger partial charge in [-0.15, -0.1) is 0 Å². The Hall–Kier alpha value is -3.47. The highest BCUT2D eigenvalue weighted by molar-refractivity contribution is 6.28. The van der Waals surface area contributed by atoms with Crippen molar-refractivity contribution in [1.82, 2.24) is 24.9 Å². The number of aryl methyl sites for hydroxylation is 2. The molecule has 3 aromatic heterocycles. The van der Waals surface area contributed by atoms with Crippen molar-refractivity contribution in [2.45, 2.75) is 51.6 Å². The van der Waals surface area contributed by atoms with E-state index >= 15 is 0 Å². The molecule has 7 nitrogen and oxygen atoms in total. The number of aromatic amines is 1. The lowest BCUT2D eigenvalue weighted by molar-refractivity contribution is 0.422. The van der Waals surface area contributed by atoms with Crippen molar-refractivity contribution >= 4 is 34.1 Å². The molecule has 5 rings (SSSR count). The molecule has 3 heterocycles. The van der Waals surface area contributed by atoms with Gasteiger partial charge in [-0.05, 0) is 57.2 Å².